The van der Waals surface area contributed by atoms with Crippen LogP contribution in [0.2, 0.25) is 0 Å². The van der Waals surface area contributed by atoms with Crippen molar-refractivity contribution in [3.8, 4) is 5.75 Å². The molecule has 21 heavy (non-hydrogen) atoms. The second kappa shape index (κ2) is 6.62. The second-order valence-electron chi connectivity index (χ2n) is 5.00. The van der Waals surface area contributed by atoms with Gasteiger partial charge in [-0.3, -0.25) is 4.90 Å². The zero-order valence-corrected chi connectivity index (χ0v) is 11.7. The Kier molecular flexibility index (Phi) is 5.05. The number of ether oxygens (including phenoxy) is 1. The lowest BCUT2D eigenvalue weighted by atomic mass is 10.1. The monoisotopic (exact) mass is 306 g/mol. The molecular formula is C14H18F4N2O. The van der Waals surface area contributed by atoms with E-state index in [2.05, 4.69) is 15.0 Å². The van der Waals surface area contributed by atoms with Gasteiger partial charge in [0.15, 0.2) is 0 Å². The molecule has 1 heterocycles. The molecule has 1 aromatic carbocycles. The fourth-order valence-electron chi connectivity index (χ4n) is 2.32. The van der Waals surface area contributed by atoms with Gasteiger partial charge in [-0.05, 0) is 24.6 Å². The fourth-order valence-corrected chi connectivity index (χ4v) is 2.32. The molecular weight excluding hydrogens is 288 g/mol. The largest absolute Gasteiger partial charge is 0.461 e. The molecule has 3 nitrogen and oxygen atoms in total. The SMILES string of the molecule is C[C@H](c1cccc(OC(F)(F)C(F)F)c1)N1CCNCC1. The number of nitrogens with one attached hydrogen (secondary N) is 1. The van der Waals surface area contributed by atoms with E-state index in [0.717, 1.165) is 31.7 Å². The molecule has 1 atom stereocenters. The van der Waals surface area contributed by atoms with E-state index < -0.39 is 12.5 Å². The van der Waals surface area contributed by atoms with Crippen molar-refractivity contribution in [1.29, 1.82) is 0 Å². The molecule has 118 valence electrons. The number of nitrogens with zero attached hydrogens (tertiary/aromatic N) is 1. The first-order chi connectivity index (χ1) is 9.90. The molecule has 1 saturated heterocycles. The number of hydrogen-bond donors (Lipinski definition) is 1. The average Bonchev–Trinajstić information content (AvgIpc) is 2.47. The molecule has 1 aliphatic heterocycles. The van der Waals surface area contributed by atoms with Gasteiger partial charge in [-0.25, -0.2) is 0 Å². The van der Waals surface area contributed by atoms with Crippen LogP contribution in [0.5, 0.6) is 5.75 Å². The van der Waals surface area contributed by atoms with Crippen LogP contribution < -0.4 is 10.1 Å². The van der Waals surface area contributed by atoms with Gasteiger partial charge in [-0.2, -0.15) is 17.6 Å². The molecule has 2 rings (SSSR count). The highest BCUT2D eigenvalue weighted by atomic mass is 19.3. The zero-order valence-electron chi connectivity index (χ0n) is 11.7. The Balaban J connectivity index is 2.09. The molecule has 0 unspecified atom stereocenters. The van der Waals surface area contributed by atoms with Crippen LogP contribution in [0.15, 0.2) is 24.3 Å². The maximum absolute atomic E-state index is 12.9. The van der Waals surface area contributed by atoms with Gasteiger partial charge >= 0.3 is 12.5 Å². The van der Waals surface area contributed by atoms with Crippen LogP contribution in [-0.2, 0) is 0 Å². The molecule has 0 radical (unpaired) electrons. The smallest absolute Gasteiger partial charge is 0.428 e. The molecule has 1 aliphatic rings. The highest BCUT2D eigenvalue weighted by Gasteiger charge is 2.44. The number of hydrogen-bond acceptors (Lipinski definition) is 3. The van der Waals surface area contributed by atoms with Crippen molar-refractivity contribution >= 4 is 0 Å². The lowest BCUT2D eigenvalue weighted by molar-refractivity contribution is -0.253. The summed E-state index contributed by atoms with van der Waals surface area (Å²) in [5.41, 5.74) is 0.763. The Morgan fingerprint density at radius 1 is 1.24 bits per heavy atom. The highest BCUT2D eigenvalue weighted by Crippen LogP contribution is 2.30. The number of benzene rings is 1. The Morgan fingerprint density at radius 2 is 1.90 bits per heavy atom. The minimum Gasteiger partial charge on any atom is -0.428 e. The van der Waals surface area contributed by atoms with Gasteiger partial charge < -0.3 is 10.1 Å². The number of alkyl halides is 4. The van der Waals surface area contributed by atoms with Gasteiger partial charge in [-0.1, -0.05) is 12.1 Å². The Labute approximate surface area is 120 Å². The minimum atomic E-state index is -4.48. The number of halogens is 4. The summed E-state index contributed by atoms with van der Waals surface area (Å²) in [7, 11) is 0. The predicted molar refractivity (Wildman–Crippen MR) is 70.9 cm³/mol. The van der Waals surface area contributed by atoms with Crippen LogP contribution in [0.3, 0.4) is 0 Å². The average molecular weight is 306 g/mol. The third kappa shape index (κ3) is 4.07. The third-order valence-corrected chi connectivity index (χ3v) is 3.55. The lowest BCUT2D eigenvalue weighted by Crippen LogP contribution is -2.44. The number of rotatable bonds is 5. The van der Waals surface area contributed by atoms with E-state index in [1.807, 2.05) is 6.92 Å². The first kappa shape index (κ1) is 16.0. The molecule has 1 N–H and O–H groups in total. The number of piperazine rings is 1. The van der Waals surface area contributed by atoms with Crippen molar-refractivity contribution in [2.75, 3.05) is 26.2 Å². The summed E-state index contributed by atoms with van der Waals surface area (Å²) >= 11 is 0. The van der Waals surface area contributed by atoms with Crippen LogP contribution in [0, 0.1) is 0 Å². The molecule has 0 aromatic heterocycles. The van der Waals surface area contributed by atoms with Crippen LogP contribution in [0.25, 0.3) is 0 Å². The van der Waals surface area contributed by atoms with Crippen LogP contribution >= 0.6 is 0 Å². The van der Waals surface area contributed by atoms with Gasteiger partial charge in [0.2, 0.25) is 0 Å². The topological polar surface area (TPSA) is 24.5 Å². The summed E-state index contributed by atoms with van der Waals surface area (Å²) in [5.74, 6) is -0.250. The molecule has 0 spiro atoms. The maximum atomic E-state index is 12.9. The summed E-state index contributed by atoms with van der Waals surface area (Å²) < 4.78 is 54.3. The third-order valence-electron chi connectivity index (χ3n) is 3.55. The first-order valence-electron chi connectivity index (χ1n) is 6.80. The molecule has 0 amide bonds. The van der Waals surface area contributed by atoms with Gasteiger partial charge in [-0.15, -0.1) is 0 Å². The van der Waals surface area contributed by atoms with Gasteiger partial charge in [0.05, 0.1) is 0 Å². The molecule has 0 saturated carbocycles. The van der Waals surface area contributed by atoms with E-state index in [1.165, 1.54) is 18.2 Å². The molecule has 0 bridgehead atoms. The minimum absolute atomic E-state index is 0.0100. The summed E-state index contributed by atoms with van der Waals surface area (Å²) in [6.07, 6.45) is -8.33. The quantitative estimate of drug-likeness (QED) is 0.847. The Morgan fingerprint density at radius 3 is 2.52 bits per heavy atom. The van der Waals surface area contributed by atoms with E-state index in [4.69, 9.17) is 0 Å². The second-order valence-corrected chi connectivity index (χ2v) is 5.00. The predicted octanol–water partition coefficient (Wildman–Crippen LogP) is 2.89. The van der Waals surface area contributed by atoms with Gasteiger partial charge in [0.1, 0.15) is 5.75 Å². The van der Waals surface area contributed by atoms with Crippen molar-refractivity contribution in [3.05, 3.63) is 29.8 Å². The zero-order chi connectivity index (χ0) is 15.5. The first-order valence-corrected chi connectivity index (χ1v) is 6.80. The molecule has 1 fully saturated rings. The summed E-state index contributed by atoms with van der Waals surface area (Å²) in [6.45, 7) is 5.38. The van der Waals surface area contributed by atoms with Crippen LogP contribution in [-0.4, -0.2) is 43.6 Å². The van der Waals surface area contributed by atoms with Gasteiger partial charge in [0.25, 0.3) is 0 Å². The molecule has 0 aliphatic carbocycles. The summed E-state index contributed by atoms with van der Waals surface area (Å²) in [6, 6.07) is 5.97. The maximum Gasteiger partial charge on any atom is 0.461 e. The standard InChI is InChI=1S/C14H18F4N2O/c1-10(20-7-5-19-6-8-20)11-3-2-4-12(9-11)21-14(17,18)13(15)16/h2-4,9-10,13,19H,5-8H2,1H3/t10-/m1/s1. The van der Waals surface area contributed by atoms with E-state index >= 15 is 0 Å². The Bertz CT molecular complexity index is 464. The fraction of sp³-hybridized carbons (Fsp3) is 0.571. The molecule has 1 aromatic rings. The van der Waals surface area contributed by atoms with E-state index in [1.54, 1.807) is 6.07 Å². The highest BCUT2D eigenvalue weighted by molar-refractivity contribution is 5.30. The Hall–Kier alpha value is -1.34. The summed E-state index contributed by atoms with van der Waals surface area (Å²) in [5, 5.41) is 3.23. The van der Waals surface area contributed by atoms with Crippen molar-refractivity contribution in [2.45, 2.75) is 25.5 Å². The lowest BCUT2D eigenvalue weighted by Gasteiger charge is -2.33. The van der Waals surface area contributed by atoms with Crippen molar-refractivity contribution in [2.24, 2.45) is 0 Å². The van der Waals surface area contributed by atoms with Gasteiger partial charge in [0, 0.05) is 32.2 Å². The van der Waals surface area contributed by atoms with Crippen molar-refractivity contribution in [3.63, 3.8) is 0 Å². The molecule has 7 heteroatoms. The summed E-state index contributed by atoms with van der Waals surface area (Å²) in [4.78, 5) is 2.20. The van der Waals surface area contributed by atoms with E-state index in [-0.39, 0.29) is 11.8 Å². The van der Waals surface area contributed by atoms with E-state index in [0.29, 0.717) is 0 Å². The van der Waals surface area contributed by atoms with E-state index in [9.17, 15) is 17.6 Å². The van der Waals surface area contributed by atoms with Crippen molar-refractivity contribution < 1.29 is 22.3 Å². The van der Waals surface area contributed by atoms with Crippen LogP contribution in [0.1, 0.15) is 18.5 Å². The van der Waals surface area contributed by atoms with Crippen LogP contribution in [0.4, 0.5) is 17.6 Å². The van der Waals surface area contributed by atoms with Crippen molar-refractivity contribution in [1.82, 2.24) is 10.2 Å². The normalized spacial score (nSPS) is 18.8.